The second-order valence-electron chi connectivity index (χ2n) is 3.91. The van der Waals surface area contributed by atoms with Crippen molar-refractivity contribution >= 4 is 11.4 Å². The van der Waals surface area contributed by atoms with Crippen molar-refractivity contribution in [3.63, 3.8) is 0 Å². The Morgan fingerprint density at radius 3 is 2.41 bits per heavy atom. The first-order valence-electron chi connectivity index (χ1n) is 5.07. The lowest BCUT2D eigenvalue weighted by molar-refractivity contribution is -0.137. The molecule has 6 heteroatoms. The van der Waals surface area contributed by atoms with E-state index in [1.807, 2.05) is 0 Å². The standard InChI is InChI=1S/C11H15F3N2O/c1-7(6-17)16(2)10-4-3-8(5-9(10)15)11(12,13)14/h3-5,7,17H,6,15H2,1-2H3. The molecule has 1 aromatic carbocycles. The molecule has 0 aliphatic carbocycles. The van der Waals surface area contributed by atoms with Gasteiger partial charge in [0.1, 0.15) is 0 Å². The zero-order valence-electron chi connectivity index (χ0n) is 9.62. The van der Waals surface area contributed by atoms with Gasteiger partial charge >= 0.3 is 6.18 Å². The number of nitrogens with zero attached hydrogens (tertiary/aromatic N) is 1. The summed E-state index contributed by atoms with van der Waals surface area (Å²) in [6, 6.07) is 2.97. The van der Waals surface area contributed by atoms with E-state index in [1.165, 1.54) is 6.07 Å². The van der Waals surface area contributed by atoms with Crippen LogP contribution in [0.25, 0.3) is 0 Å². The first-order valence-corrected chi connectivity index (χ1v) is 5.07. The molecule has 0 saturated carbocycles. The first kappa shape index (κ1) is 13.6. The molecule has 0 spiro atoms. The number of rotatable bonds is 3. The van der Waals surface area contributed by atoms with E-state index in [9.17, 15) is 13.2 Å². The number of benzene rings is 1. The fourth-order valence-corrected chi connectivity index (χ4v) is 1.41. The second-order valence-corrected chi connectivity index (χ2v) is 3.91. The number of hydrogen-bond donors (Lipinski definition) is 2. The fourth-order valence-electron chi connectivity index (χ4n) is 1.41. The quantitative estimate of drug-likeness (QED) is 0.805. The van der Waals surface area contributed by atoms with E-state index in [0.29, 0.717) is 5.69 Å². The third-order valence-corrected chi connectivity index (χ3v) is 2.66. The smallest absolute Gasteiger partial charge is 0.397 e. The maximum Gasteiger partial charge on any atom is 0.416 e. The Hall–Kier alpha value is -1.43. The van der Waals surface area contributed by atoms with E-state index in [-0.39, 0.29) is 18.3 Å². The topological polar surface area (TPSA) is 49.5 Å². The normalized spacial score (nSPS) is 13.5. The lowest BCUT2D eigenvalue weighted by Gasteiger charge is -2.27. The summed E-state index contributed by atoms with van der Waals surface area (Å²) in [5.41, 5.74) is 5.33. The number of aliphatic hydroxyl groups is 1. The van der Waals surface area contributed by atoms with Gasteiger partial charge in [0.2, 0.25) is 0 Å². The predicted molar refractivity (Wildman–Crippen MR) is 60.8 cm³/mol. The molecule has 1 unspecified atom stereocenters. The molecule has 0 bridgehead atoms. The van der Waals surface area contributed by atoms with Crippen LogP contribution < -0.4 is 10.6 Å². The van der Waals surface area contributed by atoms with E-state index in [1.54, 1.807) is 18.9 Å². The SMILES string of the molecule is CC(CO)N(C)c1ccc(C(F)(F)F)cc1N. The van der Waals surface area contributed by atoms with Gasteiger partial charge in [-0.25, -0.2) is 0 Å². The molecule has 0 fully saturated rings. The van der Waals surface area contributed by atoms with Crippen molar-refractivity contribution in [2.45, 2.75) is 19.1 Å². The number of nitrogen functional groups attached to an aromatic ring is 1. The highest BCUT2D eigenvalue weighted by molar-refractivity contribution is 5.68. The summed E-state index contributed by atoms with van der Waals surface area (Å²) in [4.78, 5) is 1.63. The summed E-state index contributed by atoms with van der Waals surface area (Å²) in [5.74, 6) is 0. The molecular formula is C11H15F3N2O. The maximum atomic E-state index is 12.4. The van der Waals surface area contributed by atoms with Gasteiger partial charge in [-0.05, 0) is 25.1 Å². The van der Waals surface area contributed by atoms with Crippen LogP contribution in [0.2, 0.25) is 0 Å². The Bertz CT molecular complexity index is 393. The van der Waals surface area contributed by atoms with Gasteiger partial charge in [0.05, 0.1) is 23.5 Å². The molecule has 1 rings (SSSR count). The average Bonchev–Trinajstić information content (AvgIpc) is 2.25. The van der Waals surface area contributed by atoms with Crippen LogP contribution >= 0.6 is 0 Å². The summed E-state index contributed by atoms with van der Waals surface area (Å²) < 4.78 is 37.2. The minimum Gasteiger partial charge on any atom is -0.397 e. The monoisotopic (exact) mass is 248 g/mol. The van der Waals surface area contributed by atoms with Crippen LogP contribution in [-0.2, 0) is 6.18 Å². The summed E-state index contributed by atoms with van der Waals surface area (Å²) in [6.07, 6.45) is -4.40. The van der Waals surface area contributed by atoms with Crippen LogP contribution in [0.4, 0.5) is 24.5 Å². The van der Waals surface area contributed by atoms with Crippen molar-refractivity contribution in [3.05, 3.63) is 23.8 Å². The van der Waals surface area contributed by atoms with Crippen LogP contribution in [0.3, 0.4) is 0 Å². The molecule has 3 nitrogen and oxygen atoms in total. The van der Waals surface area contributed by atoms with Crippen LogP contribution in [0, 0.1) is 0 Å². The Kier molecular flexibility index (Phi) is 3.87. The summed E-state index contributed by atoms with van der Waals surface area (Å²) in [6.45, 7) is 1.65. The molecule has 1 atom stereocenters. The minimum absolute atomic E-state index is 0.0441. The second kappa shape index (κ2) is 4.83. The van der Waals surface area contributed by atoms with E-state index < -0.39 is 11.7 Å². The largest absolute Gasteiger partial charge is 0.416 e. The predicted octanol–water partition coefficient (Wildman–Crippen LogP) is 2.10. The van der Waals surface area contributed by atoms with Gasteiger partial charge in [-0.15, -0.1) is 0 Å². The van der Waals surface area contributed by atoms with Crippen molar-refractivity contribution in [3.8, 4) is 0 Å². The third kappa shape index (κ3) is 3.03. The third-order valence-electron chi connectivity index (χ3n) is 2.66. The number of hydrogen-bond acceptors (Lipinski definition) is 3. The maximum absolute atomic E-state index is 12.4. The zero-order valence-corrected chi connectivity index (χ0v) is 9.62. The number of alkyl halides is 3. The van der Waals surface area contributed by atoms with Crippen LogP contribution in [-0.4, -0.2) is 24.8 Å². The fraction of sp³-hybridized carbons (Fsp3) is 0.455. The van der Waals surface area contributed by atoms with E-state index in [4.69, 9.17) is 10.8 Å². The molecule has 1 aromatic rings. The van der Waals surface area contributed by atoms with E-state index in [2.05, 4.69) is 0 Å². The van der Waals surface area contributed by atoms with Gasteiger partial charge in [-0.3, -0.25) is 0 Å². The Balaban J connectivity index is 3.06. The lowest BCUT2D eigenvalue weighted by Crippen LogP contribution is -2.32. The highest BCUT2D eigenvalue weighted by Crippen LogP contribution is 2.34. The molecule has 0 amide bonds. The molecule has 96 valence electrons. The van der Waals surface area contributed by atoms with Crippen molar-refractivity contribution in [1.29, 1.82) is 0 Å². The number of aliphatic hydroxyl groups excluding tert-OH is 1. The van der Waals surface area contributed by atoms with Crippen LogP contribution in [0.5, 0.6) is 0 Å². The highest BCUT2D eigenvalue weighted by Gasteiger charge is 2.31. The first-order chi connectivity index (χ1) is 7.77. The molecule has 3 N–H and O–H groups in total. The van der Waals surface area contributed by atoms with Gasteiger partial charge < -0.3 is 15.7 Å². The minimum atomic E-state index is -4.40. The van der Waals surface area contributed by atoms with Crippen LogP contribution in [0.1, 0.15) is 12.5 Å². The summed E-state index contributed by atoms with van der Waals surface area (Å²) in [7, 11) is 1.67. The highest BCUT2D eigenvalue weighted by atomic mass is 19.4. The summed E-state index contributed by atoms with van der Waals surface area (Å²) >= 11 is 0. The van der Waals surface area contributed by atoms with Crippen molar-refractivity contribution < 1.29 is 18.3 Å². The molecule has 0 radical (unpaired) electrons. The van der Waals surface area contributed by atoms with Crippen molar-refractivity contribution in [2.75, 3.05) is 24.3 Å². The van der Waals surface area contributed by atoms with Gasteiger partial charge in [-0.2, -0.15) is 13.2 Å². The number of likely N-dealkylation sites (N-methyl/N-ethyl adjacent to an activating group) is 1. The van der Waals surface area contributed by atoms with Gasteiger partial charge in [-0.1, -0.05) is 0 Å². The van der Waals surface area contributed by atoms with Crippen molar-refractivity contribution in [1.82, 2.24) is 0 Å². The van der Waals surface area contributed by atoms with Gasteiger partial charge in [0.15, 0.2) is 0 Å². The number of anilines is 2. The molecule has 0 aliphatic heterocycles. The number of nitrogens with two attached hydrogens (primary N) is 1. The average molecular weight is 248 g/mol. The molecule has 0 aromatic heterocycles. The Morgan fingerprint density at radius 2 is 2.00 bits per heavy atom. The molecule has 0 aliphatic rings. The molecule has 17 heavy (non-hydrogen) atoms. The Morgan fingerprint density at radius 1 is 1.41 bits per heavy atom. The van der Waals surface area contributed by atoms with Crippen LogP contribution in [0.15, 0.2) is 18.2 Å². The van der Waals surface area contributed by atoms with E-state index in [0.717, 1.165) is 12.1 Å². The lowest BCUT2D eigenvalue weighted by atomic mass is 10.1. The molecular weight excluding hydrogens is 233 g/mol. The van der Waals surface area contributed by atoms with Gasteiger partial charge in [0.25, 0.3) is 0 Å². The molecule has 0 heterocycles. The zero-order chi connectivity index (χ0) is 13.2. The number of halogens is 3. The molecule has 0 saturated heterocycles. The van der Waals surface area contributed by atoms with Crippen molar-refractivity contribution in [2.24, 2.45) is 0 Å². The van der Waals surface area contributed by atoms with E-state index >= 15 is 0 Å². The van der Waals surface area contributed by atoms with Gasteiger partial charge in [0, 0.05) is 13.1 Å². The Labute approximate surface area is 97.6 Å². The summed E-state index contributed by atoms with van der Waals surface area (Å²) in [5, 5.41) is 8.98.